The van der Waals surface area contributed by atoms with Crippen molar-refractivity contribution in [3.63, 3.8) is 0 Å². The monoisotopic (exact) mass is 269 g/mol. The molecule has 0 aromatic heterocycles. The number of nitrogens with one attached hydrogen (secondary N) is 1. The van der Waals surface area contributed by atoms with Gasteiger partial charge in [-0.3, -0.25) is 10.4 Å². The van der Waals surface area contributed by atoms with Gasteiger partial charge in [0.2, 0.25) is 0 Å². The zero-order valence-electron chi connectivity index (χ0n) is 12.4. The molecule has 3 rings (SSSR count). The predicted octanol–water partition coefficient (Wildman–Crippen LogP) is 3.68. The van der Waals surface area contributed by atoms with E-state index in [0.717, 1.165) is 25.1 Å². The third-order valence-corrected chi connectivity index (χ3v) is 4.06. The molecule has 20 heavy (non-hydrogen) atoms. The van der Waals surface area contributed by atoms with Crippen LogP contribution in [0.1, 0.15) is 57.1 Å². The van der Waals surface area contributed by atoms with Gasteiger partial charge in [0.25, 0.3) is 0 Å². The maximum absolute atomic E-state index is 4.84. The van der Waals surface area contributed by atoms with Crippen LogP contribution < -0.4 is 5.43 Å². The first-order valence-electron chi connectivity index (χ1n) is 7.64. The van der Waals surface area contributed by atoms with Crippen LogP contribution in [-0.2, 0) is 6.42 Å². The highest BCUT2D eigenvalue weighted by Crippen LogP contribution is 2.26. The van der Waals surface area contributed by atoms with Crippen LogP contribution in [0, 0.1) is 0 Å². The minimum absolute atomic E-state index is 0.0521. The molecule has 1 aromatic carbocycles. The lowest BCUT2D eigenvalue weighted by molar-refractivity contribution is 0.509. The van der Waals surface area contributed by atoms with E-state index < -0.39 is 0 Å². The van der Waals surface area contributed by atoms with Crippen LogP contribution in [0.2, 0.25) is 0 Å². The number of hydrogen-bond donors (Lipinski definition) is 1. The van der Waals surface area contributed by atoms with E-state index >= 15 is 0 Å². The molecule has 3 nitrogen and oxygen atoms in total. The molecule has 0 saturated heterocycles. The maximum Gasteiger partial charge on any atom is 0.149 e. The SMILES string of the molecule is CC1(C)Cc2ccccc2C(NN=C2CCCCC2)=N1. The molecule has 0 bridgehead atoms. The van der Waals surface area contributed by atoms with Crippen LogP contribution in [0.25, 0.3) is 0 Å². The predicted molar refractivity (Wildman–Crippen MR) is 84.4 cm³/mol. The largest absolute Gasteiger partial charge is 0.261 e. The molecule has 1 saturated carbocycles. The molecule has 106 valence electrons. The molecule has 1 aliphatic carbocycles. The smallest absolute Gasteiger partial charge is 0.149 e. The topological polar surface area (TPSA) is 36.8 Å². The fourth-order valence-electron chi connectivity index (χ4n) is 3.06. The highest BCUT2D eigenvalue weighted by Gasteiger charge is 2.26. The Hall–Kier alpha value is -1.64. The van der Waals surface area contributed by atoms with Gasteiger partial charge in [0, 0.05) is 11.3 Å². The van der Waals surface area contributed by atoms with E-state index in [2.05, 4.69) is 48.6 Å². The number of rotatable bonds is 1. The van der Waals surface area contributed by atoms with Gasteiger partial charge in [-0.05, 0) is 51.5 Å². The second-order valence-electron chi connectivity index (χ2n) is 6.46. The third-order valence-electron chi connectivity index (χ3n) is 4.06. The fraction of sp³-hybridized carbons (Fsp3) is 0.529. The lowest BCUT2D eigenvalue weighted by atomic mass is 9.89. The molecule has 1 fully saturated rings. The minimum Gasteiger partial charge on any atom is -0.261 e. The van der Waals surface area contributed by atoms with Gasteiger partial charge in [-0.1, -0.05) is 30.7 Å². The Kier molecular flexibility index (Phi) is 3.60. The van der Waals surface area contributed by atoms with Gasteiger partial charge < -0.3 is 0 Å². The van der Waals surface area contributed by atoms with E-state index in [1.807, 2.05) is 0 Å². The van der Waals surface area contributed by atoms with Gasteiger partial charge >= 0.3 is 0 Å². The molecule has 1 heterocycles. The number of aliphatic imine (C=N–C) groups is 1. The number of amidine groups is 1. The van der Waals surface area contributed by atoms with Gasteiger partial charge in [0.1, 0.15) is 5.84 Å². The lowest BCUT2D eigenvalue weighted by Gasteiger charge is -2.28. The van der Waals surface area contributed by atoms with Gasteiger partial charge in [-0.25, -0.2) is 0 Å². The summed E-state index contributed by atoms with van der Waals surface area (Å²) in [7, 11) is 0. The van der Waals surface area contributed by atoms with Crippen molar-refractivity contribution in [2.45, 2.75) is 57.9 Å². The third kappa shape index (κ3) is 2.92. The van der Waals surface area contributed by atoms with E-state index in [-0.39, 0.29) is 5.54 Å². The number of benzene rings is 1. The van der Waals surface area contributed by atoms with Crippen molar-refractivity contribution in [2.24, 2.45) is 10.1 Å². The Morgan fingerprint density at radius 2 is 1.85 bits per heavy atom. The van der Waals surface area contributed by atoms with E-state index in [4.69, 9.17) is 4.99 Å². The Labute approximate surface area is 121 Å². The number of fused-ring (bicyclic) bond motifs is 1. The molecule has 0 atom stereocenters. The molecule has 0 unspecified atom stereocenters. The van der Waals surface area contributed by atoms with Crippen molar-refractivity contribution in [2.75, 3.05) is 0 Å². The number of nitrogens with zero attached hydrogens (tertiary/aromatic N) is 2. The van der Waals surface area contributed by atoms with E-state index in [1.165, 1.54) is 36.1 Å². The number of hydrazone groups is 1. The van der Waals surface area contributed by atoms with E-state index in [0.29, 0.717) is 0 Å². The zero-order chi connectivity index (χ0) is 14.0. The van der Waals surface area contributed by atoms with Crippen LogP contribution in [0.5, 0.6) is 0 Å². The van der Waals surface area contributed by atoms with Crippen LogP contribution in [0.3, 0.4) is 0 Å². The van der Waals surface area contributed by atoms with Gasteiger partial charge in [-0.15, -0.1) is 0 Å². The maximum atomic E-state index is 4.84. The standard InChI is InChI=1S/C17H23N3/c1-17(2)12-13-8-6-7-11-15(13)16(18-17)20-19-14-9-4-3-5-10-14/h6-8,11H,3-5,9-10,12H2,1-2H3,(H,18,20). The molecule has 0 radical (unpaired) electrons. The second-order valence-corrected chi connectivity index (χ2v) is 6.46. The van der Waals surface area contributed by atoms with Crippen molar-refractivity contribution in [3.8, 4) is 0 Å². The highest BCUT2D eigenvalue weighted by atomic mass is 15.3. The van der Waals surface area contributed by atoms with Crippen molar-refractivity contribution < 1.29 is 0 Å². The molecule has 1 aromatic rings. The zero-order valence-corrected chi connectivity index (χ0v) is 12.4. The highest BCUT2D eigenvalue weighted by molar-refractivity contribution is 6.01. The van der Waals surface area contributed by atoms with Crippen LogP contribution >= 0.6 is 0 Å². The summed E-state index contributed by atoms with van der Waals surface area (Å²) in [5.74, 6) is 0.926. The summed E-state index contributed by atoms with van der Waals surface area (Å²) in [5.41, 5.74) is 7.04. The minimum atomic E-state index is -0.0521. The van der Waals surface area contributed by atoms with Crippen LogP contribution in [0.4, 0.5) is 0 Å². The Morgan fingerprint density at radius 1 is 1.10 bits per heavy atom. The quantitative estimate of drug-likeness (QED) is 0.776. The summed E-state index contributed by atoms with van der Waals surface area (Å²) in [6.45, 7) is 4.36. The molecular weight excluding hydrogens is 246 g/mol. The fourth-order valence-corrected chi connectivity index (χ4v) is 3.06. The van der Waals surface area contributed by atoms with Gasteiger partial charge in [0.15, 0.2) is 0 Å². The molecule has 2 aliphatic rings. The summed E-state index contributed by atoms with van der Waals surface area (Å²) in [6.07, 6.45) is 7.14. The summed E-state index contributed by atoms with van der Waals surface area (Å²) >= 11 is 0. The molecule has 0 spiro atoms. The first-order chi connectivity index (χ1) is 9.64. The van der Waals surface area contributed by atoms with Crippen LogP contribution in [-0.4, -0.2) is 17.1 Å². The van der Waals surface area contributed by atoms with Gasteiger partial charge in [0.05, 0.1) is 5.54 Å². The Bertz CT molecular complexity index is 547. The summed E-state index contributed by atoms with van der Waals surface area (Å²) in [6, 6.07) is 8.51. The average molecular weight is 269 g/mol. The van der Waals surface area contributed by atoms with Crippen molar-refractivity contribution in [1.82, 2.24) is 5.43 Å². The number of hydrogen-bond acceptors (Lipinski definition) is 3. The molecule has 0 amide bonds. The van der Waals surface area contributed by atoms with Gasteiger partial charge in [-0.2, -0.15) is 5.10 Å². The average Bonchev–Trinajstić information content (AvgIpc) is 2.45. The Morgan fingerprint density at radius 3 is 2.65 bits per heavy atom. The van der Waals surface area contributed by atoms with E-state index in [1.54, 1.807) is 0 Å². The summed E-state index contributed by atoms with van der Waals surface area (Å²) in [4.78, 5) is 4.84. The normalized spacial score (nSPS) is 20.9. The summed E-state index contributed by atoms with van der Waals surface area (Å²) < 4.78 is 0. The lowest BCUT2D eigenvalue weighted by Crippen LogP contribution is -2.34. The van der Waals surface area contributed by atoms with Crippen molar-refractivity contribution in [3.05, 3.63) is 35.4 Å². The molecule has 1 N–H and O–H groups in total. The molecular formula is C17H23N3. The molecule has 1 aliphatic heterocycles. The Balaban J connectivity index is 1.85. The first-order valence-corrected chi connectivity index (χ1v) is 7.64. The summed E-state index contributed by atoms with van der Waals surface area (Å²) in [5, 5.41) is 4.61. The second kappa shape index (κ2) is 5.39. The van der Waals surface area contributed by atoms with Crippen molar-refractivity contribution in [1.29, 1.82) is 0 Å². The first kappa shape index (κ1) is 13.3. The van der Waals surface area contributed by atoms with Crippen LogP contribution in [0.15, 0.2) is 34.4 Å². The van der Waals surface area contributed by atoms with Crippen molar-refractivity contribution >= 4 is 11.5 Å². The van der Waals surface area contributed by atoms with E-state index in [9.17, 15) is 0 Å². The molecule has 3 heteroatoms.